The molecule has 1 saturated carbocycles. The van der Waals surface area contributed by atoms with Crippen LogP contribution in [-0.4, -0.2) is 22.6 Å². The highest BCUT2D eigenvalue weighted by molar-refractivity contribution is 7.16. The molecule has 16 heavy (non-hydrogen) atoms. The number of carbonyl (C=O) groups is 1. The normalized spacial score (nSPS) is 16.5. The lowest BCUT2D eigenvalue weighted by Crippen LogP contribution is -2.25. The van der Waals surface area contributed by atoms with Gasteiger partial charge in [0, 0.05) is 6.54 Å². The number of nitrogens with one attached hydrogen (secondary N) is 1. The average Bonchev–Trinajstić information content (AvgIpc) is 2.89. The van der Waals surface area contributed by atoms with Crippen molar-refractivity contribution in [2.75, 3.05) is 12.3 Å². The highest BCUT2D eigenvalue weighted by Crippen LogP contribution is 2.26. The second-order valence-corrected chi connectivity index (χ2v) is 5.15. The highest BCUT2D eigenvalue weighted by atomic mass is 32.1. The number of nitrogen functional groups attached to an aromatic ring is 1. The third kappa shape index (κ3) is 2.91. The van der Waals surface area contributed by atoms with Crippen molar-refractivity contribution in [2.45, 2.75) is 32.1 Å². The molecule has 0 radical (unpaired) electrons. The molecule has 0 aromatic carbocycles. The third-order valence-corrected chi connectivity index (χ3v) is 3.70. The van der Waals surface area contributed by atoms with Crippen LogP contribution in [0.25, 0.3) is 0 Å². The lowest BCUT2D eigenvalue weighted by molar-refractivity contribution is 0.0950. The van der Waals surface area contributed by atoms with E-state index in [0.717, 1.165) is 30.2 Å². The number of rotatable bonds is 4. The van der Waals surface area contributed by atoms with Gasteiger partial charge in [0.2, 0.25) is 10.1 Å². The second kappa shape index (κ2) is 5.25. The topological polar surface area (TPSA) is 80.9 Å². The van der Waals surface area contributed by atoms with E-state index in [1.54, 1.807) is 0 Å². The Morgan fingerprint density at radius 2 is 2.19 bits per heavy atom. The Hall–Kier alpha value is -1.17. The molecular weight excluding hydrogens is 224 g/mol. The van der Waals surface area contributed by atoms with Gasteiger partial charge in [-0.25, -0.2) is 0 Å². The molecule has 5 nitrogen and oxygen atoms in total. The first kappa shape index (κ1) is 11.3. The molecule has 0 spiro atoms. The molecule has 1 heterocycles. The number of anilines is 1. The van der Waals surface area contributed by atoms with Gasteiger partial charge in [0.05, 0.1) is 0 Å². The summed E-state index contributed by atoms with van der Waals surface area (Å²) < 4.78 is 0. The largest absolute Gasteiger partial charge is 0.374 e. The first-order valence-corrected chi connectivity index (χ1v) is 6.44. The fraction of sp³-hybridized carbons (Fsp3) is 0.700. The van der Waals surface area contributed by atoms with E-state index in [2.05, 4.69) is 15.5 Å². The van der Waals surface area contributed by atoms with Gasteiger partial charge in [0.15, 0.2) is 0 Å². The van der Waals surface area contributed by atoms with Crippen LogP contribution in [0.4, 0.5) is 5.13 Å². The molecule has 0 saturated heterocycles. The fourth-order valence-electron chi connectivity index (χ4n) is 2.09. The molecule has 1 amide bonds. The summed E-state index contributed by atoms with van der Waals surface area (Å²) in [4.78, 5) is 11.6. The zero-order chi connectivity index (χ0) is 11.4. The molecule has 88 valence electrons. The minimum atomic E-state index is -0.160. The van der Waals surface area contributed by atoms with Gasteiger partial charge >= 0.3 is 0 Å². The standard InChI is InChI=1S/C10H16N4OS/c11-10-14-13-9(16-10)8(15)12-6-5-7-3-1-2-4-7/h7H,1-6H2,(H2,11,14)(H,12,15). The Morgan fingerprint density at radius 3 is 2.81 bits per heavy atom. The van der Waals surface area contributed by atoms with Crippen molar-refractivity contribution in [2.24, 2.45) is 5.92 Å². The Balaban J connectivity index is 1.71. The van der Waals surface area contributed by atoms with E-state index >= 15 is 0 Å². The summed E-state index contributed by atoms with van der Waals surface area (Å²) in [6.45, 7) is 0.725. The van der Waals surface area contributed by atoms with Crippen LogP contribution in [0.5, 0.6) is 0 Å². The monoisotopic (exact) mass is 240 g/mol. The molecule has 0 bridgehead atoms. The van der Waals surface area contributed by atoms with Crippen LogP contribution < -0.4 is 11.1 Å². The smallest absolute Gasteiger partial charge is 0.282 e. The molecule has 1 fully saturated rings. The second-order valence-electron chi connectivity index (χ2n) is 4.14. The van der Waals surface area contributed by atoms with E-state index in [4.69, 9.17) is 5.73 Å². The number of hydrogen-bond donors (Lipinski definition) is 2. The SMILES string of the molecule is Nc1nnc(C(=O)NCCC2CCCC2)s1. The van der Waals surface area contributed by atoms with Crippen molar-refractivity contribution in [3.63, 3.8) is 0 Å². The molecule has 0 unspecified atom stereocenters. The Labute approximate surface area is 98.4 Å². The molecule has 0 aliphatic heterocycles. The summed E-state index contributed by atoms with van der Waals surface area (Å²) in [6, 6.07) is 0. The fourth-order valence-corrected chi connectivity index (χ4v) is 2.62. The zero-order valence-electron chi connectivity index (χ0n) is 9.11. The van der Waals surface area contributed by atoms with E-state index in [9.17, 15) is 4.79 Å². The van der Waals surface area contributed by atoms with Crippen molar-refractivity contribution >= 4 is 22.4 Å². The number of nitrogens with two attached hydrogens (primary N) is 1. The first-order valence-electron chi connectivity index (χ1n) is 5.63. The molecule has 2 rings (SSSR count). The van der Waals surface area contributed by atoms with Crippen LogP contribution in [0.3, 0.4) is 0 Å². The van der Waals surface area contributed by atoms with Gasteiger partial charge in [-0.05, 0) is 12.3 Å². The van der Waals surface area contributed by atoms with E-state index in [0.29, 0.717) is 10.1 Å². The van der Waals surface area contributed by atoms with Gasteiger partial charge in [-0.2, -0.15) is 0 Å². The molecule has 1 aromatic rings. The summed E-state index contributed by atoms with van der Waals surface area (Å²) in [5.74, 6) is 0.631. The van der Waals surface area contributed by atoms with Crippen molar-refractivity contribution in [3.8, 4) is 0 Å². The predicted molar refractivity (Wildman–Crippen MR) is 63.2 cm³/mol. The Morgan fingerprint density at radius 1 is 1.44 bits per heavy atom. The lowest BCUT2D eigenvalue weighted by atomic mass is 10.0. The van der Waals surface area contributed by atoms with Gasteiger partial charge in [-0.1, -0.05) is 37.0 Å². The molecule has 1 aromatic heterocycles. The third-order valence-electron chi connectivity index (χ3n) is 2.95. The number of nitrogens with zero attached hydrogens (tertiary/aromatic N) is 2. The summed E-state index contributed by atoms with van der Waals surface area (Å²) in [6.07, 6.45) is 6.36. The first-order chi connectivity index (χ1) is 7.75. The lowest BCUT2D eigenvalue weighted by Gasteiger charge is -2.08. The van der Waals surface area contributed by atoms with E-state index in [-0.39, 0.29) is 5.91 Å². The van der Waals surface area contributed by atoms with Gasteiger partial charge in [0.1, 0.15) is 0 Å². The Bertz CT molecular complexity index is 359. The van der Waals surface area contributed by atoms with Crippen molar-refractivity contribution in [1.29, 1.82) is 0 Å². The molecule has 1 aliphatic carbocycles. The minimum absolute atomic E-state index is 0.160. The van der Waals surface area contributed by atoms with Crippen LogP contribution in [0.2, 0.25) is 0 Å². The number of hydrogen-bond acceptors (Lipinski definition) is 5. The maximum Gasteiger partial charge on any atom is 0.282 e. The van der Waals surface area contributed by atoms with Crippen LogP contribution in [0.15, 0.2) is 0 Å². The molecule has 3 N–H and O–H groups in total. The Kier molecular flexibility index (Phi) is 3.71. The summed E-state index contributed by atoms with van der Waals surface area (Å²) >= 11 is 1.12. The minimum Gasteiger partial charge on any atom is -0.374 e. The van der Waals surface area contributed by atoms with E-state index < -0.39 is 0 Å². The van der Waals surface area contributed by atoms with Crippen molar-refractivity contribution in [3.05, 3.63) is 5.01 Å². The summed E-state index contributed by atoms with van der Waals surface area (Å²) in [5.41, 5.74) is 5.41. The van der Waals surface area contributed by atoms with E-state index in [1.165, 1.54) is 25.7 Å². The molecule has 0 atom stereocenters. The predicted octanol–water partition coefficient (Wildman–Crippen LogP) is 1.43. The molecule has 6 heteroatoms. The van der Waals surface area contributed by atoms with Gasteiger partial charge in [-0.3, -0.25) is 4.79 Å². The summed E-state index contributed by atoms with van der Waals surface area (Å²) in [7, 11) is 0. The van der Waals surface area contributed by atoms with Gasteiger partial charge < -0.3 is 11.1 Å². The number of amides is 1. The van der Waals surface area contributed by atoms with Gasteiger partial charge in [0.25, 0.3) is 5.91 Å². The zero-order valence-corrected chi connectivity index (χ0v) is 9.92. The maximum absolute atomic E-state index is 11.6. The van der Waals surface area contributed by atoms with Crippen molar-refractivity contribution < 1.29 is 4.79 Å². The maximum atomic E-state index is 11.6. The van der Waals surface area contributed by atoms with Crippen LogP contribution in [-0.2, 0) is 0 Å². The highest BCUT2D eigenvalue weighted by Gasteiger charge is 2.16. The number of carbonyl (C=O) groups excluding carboxylic acids is 1. The average molecular weight is 240 g/mol. The molecule has 1 aliphatic rings. The van der Waals surface area contributed by atoms with E-state index in [1.807, 2.05) is 0 Å². The van der Waals surface area contributed by atoms with Crippen molar-refractivity contribution in [1.82, 2.24) is 15.5 Å². The van der Waals surface area contributed by atoms with Crippen LogP contribution in [0, 0.1) is 5.92 Å². The summed E-state index contributed by atoms with van der Waals surface area (Å²) in [5, 5.41) is 10.8. The quantitative estimate of drug-likeness (QED) is 0.834. The molecular formula is C10H16N4OS. The number of aromatic nitrogens is 2. The van der Waals surface area contributed by atoms with Gasteiger partial charge in [-0.15, -0.1) is 10.2 Å². The van der Waals surface area contributed by atoms with Crippen LogP contribution in [0.1, 0.15) is 41.9 Å². The van der Waals surface area contributed by atoms with Crippen LogP contribution >= 0.6 is 11.3 Å².